The van der Waals surface area contributed by atoms with Crippen LogP contribution in [0, 0.1) is 0 Å². The quantitative estimate of drug-likeness (QED) is 0.383. The minimum atomic E-state index is -1.16. The molecule has 0 unspecified atom stereocenters. The molecule has 0 saturated carbocycles. The first kappa shape index (κ1) is 18.9. The monoisotopic (exact) mass is 400 g/mol. The van der Waals surface area contributed by atoms with E-state index in [1.807, 2.05) is 12.1 Å². The Balaban J connectivity index is 1.72. The first-order valence-corrected chi connectivity index (χ1v) is 9.04. The standard InChI is InChI=1S/C23H16N2O5/c26-21(27)17-11-12-19(16-8-4-3-7-15(16)17)24-23(30)25-20-14-6-2-1-5-13(14)9-10-18(20)22(28)29/h1-12H,(H,26,27)(H,28,29)(H2,24,25,30). The normalized spacial score (nSPS) is 10.7. The Morgan fingerprint density at radius 2 is 1.20 bits per heavy atom. The lowest BCUT2D eigenvalue weighted by Crippen LogP contribution is -2.21. The van der Waals surface area contributed by atoms with Crippen LogP contribution in [0.15, 0.2) is 72.8 Å². The lowest BCUT2D eigenvalue weighted by molar-refractivity contribution is 0.0687. The van der Waals surface area contributed by atoms with Crippen LogP contribution in [0.5, 0.6) is 0 Å². The van der Waals surface area contributed by atoms with E-state index in [4.69, 9.17) is 0 Å². The first-order valence-electron chi connectivity index (χ1n) is 9.04. The maximum Gasteiger partial charge on any atom is 0.337 e. The average molecular weight is 400 g/mol. The second-order valence-corrected chi connectivity index (χ2v) is 6.60. The van der Waals surface area contributed by atoms with Crippen molar-refractivity contribution >= 4 is 50.9 Å². The van der Waals surface area contributed by atoms with Gasteiger partial charge in [-0.2, -0.15) is 0 Å². The summed E-state index contributed by atoms with van der Waals surface area (Å²) in [6.45, 7) is 0. The van der Waals surface area contributed by atoms with Gasteiger partial charge in [0.1, 0.15) is 0 Å². The second kappa shape index (κ2) is 7.56. The Hall–Kier alpha value is -4.39. The van der Waals surface area contributed by atoms with Crippen LogP contribution in [0.1, 0.15) is 20.7 Å². The fraction of sp³-hybridized carbons (Fsp3) is 0. The Morgan fingerprint density at radius 3 is 1.90 bits per heavy atom. The summed E-state index contributed by atoms with van der Waals surface area (Å²) in [6.07, 6.45) is 0. The third kappa shape index (κ3) is 3.40. The summed E-state index contributed by atoms with van der Waals surface area (Å²) in [7, 11) is 0. The van der Waals surface area contributed by atoms with Gasteiger partial charge in [0.25, 0.3) is 0 Å². The summed E-state index contributed by atoms with van der Waals surface area (Å²) in [5.41, 5.74) is 0.684. The number of carboxylic acids is 2. The molecule has 0 aliphatic rings. The van der Waals surface area contributed by atoms with Crippen molar-refractivity contribution in [1.82, 2.24) is 0 Å². The molecule has 0 aliphatic heterocycles. The van der Waals surface area contributed by atoms with Crippen LogP contribution >= 0.6 is 0 Å². The van der Waals surface area contributed by atoms with Crippen LogP contribution in [0.3, 0.4) is 0 Å². The van der Waals surface area contributed by atoms with Gasteiger partial charge in [-0.25, -0.2) is 14.4 Å². The third-order valence-electron chi connectivity index (χ3n) is 4.80. The molecular weight excluding hydrogens is 384 g/mol. The number of amides is 2. The van der Waals surface area contributed by atoms with Crippen molar-refractivity contribution in [3.05, 3.63) is 83.9 Å². The number of carbonyl (C=O) groups excluding carboxylic acids is 1. The minimum Gasteiger partial charge on any atom is -0.478 e. The lowest BCUT2D eigenvalue weighted by Gasteiger charge is -2.14. The molecule has 0 bridgehead atoms. The van der Waals surface area contributed by atoms with Gasteiger partial charge in [0.05, 0.1) is 22.5 Å². The number of nitrogens with one attached hydrogen (secondary N) is 2. The lowest BCUT2D eigenvalue weighted by atomic mass is 10.0. The van der Waals surface area contributed by atoms with Crippen molar-refractivity contribution < 1.29 is 24.6 Å². The van der Waals surface area contributed by atoms with Crippen molar-refractivity contribution in [1.29, 1.82) is 0 Å². The summed E-state index contributed by atoms with van der Waals surface area (Å²) in [5, 5.41) is 26.7. The van der Waals surface area contributed by atoms with Gasteiger partial charge in [-0.1, -0.05) is 54.6 Å². The predicted molar refractivity (Wildman–Crippen MR) is 114 cm³/mol. The fourth-order valence-electron chi connectivity index (χ4n) is 3.45. The molecule has 7 heteroatoms. The largest absolute Gasteiger partial charge is 0.478 e. The number of hydrogen-bond donors (Lipinski definition) is 4. The molecule has 30 heavy (non-hydrogen) atoms. The molecule has 0 atom stereocenters. The van der Waals surface area contributed by atoms with Gasteiger partial charge in [0.2, 0.25) is 0 Å². The number of anilines is 2. The van der Waals surface area contributed by atoms with Crippen molar-refractivity contribution in [2.24, 2.45) is 0 Å². The molecule has 0 spiro atoms. The topological polar surface area (TPSA) is 116 Å². The molecule has 7 nitrogen and oxygen atoms in total. The number of urea groups is 1. The highest BCUT2D eigenvalue weighted by Crippen LogP contribution is 2.30. The van der Waals surface area contributed by atoms with Gasteiger partial charge in [0.15, 0.2) is 0 Å². The molecule has 2 amide bonds. The van der Waals surface area contributed by atoms with Gasteiger partial charge in [-0.3, -0.25) is 0 Å². The number of benzene rings is 4. The van der Waals surface area contributed by atoms with Crippen molar-refractivity contribution in [3.63, 3.8) is 0 Å². The smallest absolute Gasteiger partial charge is 0.337 e. The van der Waals surface area contributed by atoms with E-state index in [9.17, 15) is 24.6 Å². The zero-order chi connectivity index (χ0) is 21.3. The zero-order valence-corrected chi connectivity index (χ0v) is 15.5. The van der Waals surface area contributed by atoms with Crippen LogP contribution in [0.2, 0.25) is 0 Å². The maximum absolute atomic E-state index is 12.7. The Labute approximate surface area is 170 Å². The van der Waals surface area contributed by atoms with Crippen LogP contribution in [-0.2, 0) is 0 Å². The highest BCUT2D eigenvalue weighted by Gasteiger charge is 2.17. The predicted octanol–water partition coefficient (Wildman–Crippen LogP) is 5.03. The van der Waals surface area contributed by atoms with Gasteiger partial charge in [0, 0.05) is 10.8 Å². The number of hydrogen-bond acceptors (Lipinski definition) is 3. The Kier molecular flexibility index (Phi) is 4.77. The van der Waals surface area contributed by atoms with Crippen LogP contribution in [0.4, 0.5) is 16.2 Å². The van der Waals surface area contributed by atoms with Gasteiger partial charge in [-0.05, 0) is 29.0 Å². The van der Waals surface area contributed by atoms with E-state index < -0.39 is 18.0 Å². The summed E-state index contributed by atoms with van der Waals surface area (Å²) in [4.78, 5) is 35.8. The molecule has 4 aromatic rings. The summed E-state index contributed by atoms with van der Waals surface area (Å²) >= 11 is 0. The van der Waals surface area contributed by atoms with Gasteiger partial charge >= 0.3 is 18.0 Å². The number of rotatable bonds is 4. The molecule has 4 N–H and O–H groups in total. The van der Waals surface area contributed by atoms with Crippen LogP contribution < -0.4 is 10.6 Å². The zero-order valence-electron chi connectivity index (χ0n) is 15.5. The number of aromatic carboxylic acids is 2. The molecule has 0 aliphatic carbocycles. The fourth-order valence-corrected chi connectivity index (χ4v) is 3.45. The molecule has 0 fully saturated rings. The van der Waals surface area contributed by atoms with E-state index in [1.54, 1.807) is 42.5 Å². The summed E-state index contributed by atoms with van der Waals surface area (Å²) in [6, 6.07) is 19.4. The molecule has 4 aromatic carbocycles. The second-order valence-electron chi connectivity index (χ2n) is 6.60. The van der Waals surface area contributed by atoms with E-state index in [0.29, 0.717) is 21.8 Å². The van der Waals surface area contributed by atoms with Crippen molar-refractivity contribution in [2.75, 3.05) is 10.6 Å². The Bertz CT molecular complexity index is 1330. The third-order valence-corrected chi connectivity index (χ3v) is 4.80. The number of carbonyl (C=O) groups is 3. The van der Waals surface area contributed by atoms with E-state index in [-0.39, 0.29) is 16.8 Å². The number of fused-ring (bicyclic) bond motifs is 2. The van der Waals surface area contributed by atoms with E-state index >= 15 is 0 Å². The van der Waals surface area contributed by atoms with E-state index in [0.717, 1.165) is 5.39 Å². The Morgan fingerprint density at radius 1 is 0.600 bits per heavy atom. The molecular formula is C23H16N2O5. The highest BCUT2D eigenvalue weighted by atomic mass is 16.4. The molecule has 0 saturated heterocycles. The molecule has 0 aromatic heterocycles. The molecule has 148 valence electrons. The van der Waals surface area contributed by atoms with Crippen molar-refractivity contribution in [3.8, 4) is 0 Å². The van der Waals surface area contributed by atoms with Gasteiger partial charge in [-0.15, -0.1) is 0 Å². The van der Waals surface area contributed by atoms with Crippen LogP contribution in [-0.4, -0.2) is 28.2 Å². The first-order chi connectivity index (χ1) is 14.5. The SMILES string of the molecule is O=C(Nc1c(C(=O)O)ccc2ccccc12)Nc1ccc(C(=O)O)c2ccccc12. The summed E-state index contributed by atoms with van der Waals surface area (Å²) < 4.78 is 0. The molecule has 4 rings (SSSR count). The maximum atomic E-state index is 12.7. The molecule has 0 radical (unpaired) electrons. The number of carboxylic acid groups (broad SMARTS) is 2. The summed E-state index contributed by atoms with van der Waals surface area (Å²) in [5.74, 6) is -2.23. The van der Waals surface area contributed by atoms with Gasteiger partial charge < -0.3 is 20.8 Å². The van der Waals surface area contributed by atoms with Crippen LogP contribution in [0.25, 0.3) is 21.5 Å². The van der Waals surface area contributed by atoms with Crippen molar-refractivity contribution in [2.45, 2.75) is 0 Å². The minimum absolute atomic E-state index is 0.0325. The molecule has 0 heterocycles. The van der Waals surface area contributed by atoms with E-state index in [2.05, 4.69) is 10.6 Å². The van der Waals surface area contributed by atoms with E-state index in [1.165, 1.54) is 18.2 Å². The highest BCUT2D eigenvalue weighted by molar-refractivity contribution is 6.15. The average Bonchev–Trinajstić information content (AvgIpc) is 2.73.